The highest BCUT2D eigenvalue weighted by molar-refractivity contribution is 5.78. The first-order chi connectivity index (χ1) is 15.1. The normalized spacial score (nSPS) is 10.8. The number of aryl methyl sites for hydroxylation is 1. The molecule has 8 nitrogen and oxygen atoms in total. The first-order valence-electron chi connectivity index (χ1n) is 9.95. The molecule has 0 radical (unpaired) electrons. The van der Waals surface area contributed by atoms with Crippen LogP contribution in [0.5, 0.6) is 11.6 Å². The van der Waals surface area contributed by atoms with E-state index in [-0.39, 0.29) is 5.91 Å². The molecule has 31 heavy (non-hydrogen) atoms. The van der Waals surface area contributed by atoms with Crippen molar-refractivity contribution in [3.05, 3.63) is 71.8 Å². The number of carbonyl (C=O) groups excluding carboxylic acids is 1. The van der Waals surface area contributed by atoms with Gasteiger partial charge in [0.2, 0.25) is 11.8 Å². The lowest BCUT2D eigenvalue weighted by Crippen LogP contribution is -2.29. The fourth-order valence-corrected chi connectivity index (χ4v) is 3.16. The molecule has 0 aliphatic carbocycles. The monoisotopic (exact) mass is 417 g/mol. The van der Waals surface area contributed by atoms with E-state index in [2.05, 4.69) is 20.6 Å². The van der Waals surface area contributed by atoms with Gasteiger partial charge in [-0.2, -0.15) is 4.52 Å². The van der Waals surface area contributed by atoms with Gasteiger partial charge in [-0.05, 0) is 48.4 Å². The van der Waals surface area contributed by atoms with Crippen molar-refractivity contribution < 1.29 is 14.3 Å². The molecule has 1 N–H and O–H groups in total. The first-order valence-corrected chi connectivity index (χ1v) is 9.95. The number of hydrogen-bond acceptors (Lipinski definition) is 6. The van der Waals surface area contributed by atoms with Crippen molar-refractivity contribution in [3.8, 4) is 23.0 Å². The Kier molecular flexibility index (Phi) is 6.07. The van der Waals surface area contributed by atoms with Gasteiger partial charge >= 0.3 is 0 Å². The highest BCUT2D eigenvalue weighted by Crippen LogP contribution is 2.21. The van der Waals surface area contributed by atoms with Crippen LogP contribution in [0.1, 0.15) is 11.1 Å². The molecule has 2 aromatic carbocycles. The molecule has 0 saturated heterocycles. The maximum Gasteiger partial charge on any atom is 0.231 e. The molecule has 0 unspecified atom stereocenters. The van der Waals surface area contributed by atoms with Crippen LogP contribution in [-0.2, 0) is 11.2 Å². The highest BCUT2D eigenvalue weighted by atomic mass is 16.5. The van der Waals surface area contributed by atoms with Crippen molar-refractivity contribution in [1.82, 2.24) is 25.1 Å². The van der Waals surface area contributed by atoms with E-state index in [9.17, 15) is 4.79 Å². The van der Waals surface area contributed by atoms with Gasteiger partial charge in [0.25, 0.3) is 0 Å². The van der Waals surface area contributed by atoms with Crippen LogP contribution in [0.25, 0.3) is 17.0 Å². The highest BCUT2D eigenvalue weighted by Gasteiger charge is 2.11. The summed E-state index contributed by atoms with van der Waals surface area (Å²) in [7, 11) is 1.62. The maximum absolute atomic E-state index is 12.2. The average Bonchev–Trinajstić information content (AvgIpc) is 3.22. The summed E-state index contributed by atoms with van der Waals surface area (Å²) in [6, 6.07) is 18.9. The molecule has 0 bridgehead atoms. The number of fused-ring (bicyclic) bond motifs is 1. The van der Waals surface area contributed by atoms with E-state index in [1.807, 2.05) is 55.5 Å². The lowest BCUT2D eigenvalue weighted by molar-refractivity contribution is -0.120. The van der Waals surface area contributed by atoms with Crippen LogP contribution in [-0.4, -0.2) is 46.0 Å². The third kappa shape index (κ3) is 4.80. The van der Waals surface area contributed by atoms with Crippen molar-refractivity contribution >= 4 is 11.6 Å². The molecule has 8 heteroatoms. The van der Waals surface area contributed by atoms with E-state index < -0.39 is 0 Å². The molecule has 2 aromatic heterocycles. The lowest BCUT2D eigenvalue weighted by atomic mass is 10.1. The Labute approximate surface area is 179 Å². The summed E-state index contributed by atoms with van der Waals surface area (Å²) >= 11 is 0. The molecule has 1 amide bonds. The minimum atomic E-state index is -0.0399. The van der Waals surface area contributed by atoms with Gasteiger partial charge in [0, 0.05) is 11.6 Å². The Morgan fingerprint density at radius 2 is 1.84 bits per heavy atom. The van der Waals surface area contributed by atoms with Crippen LogP contribution >= 0.6 is 0 Å². The molecule has 0 aliphatic heterocycles. The fraction of sp³-hybridized carbons (Fsp3) is 0.217. The lowest BCUT2D eigenvalue weighted by Gasteiger charge is -2.09. The van der Waals surface area contributed by atoms with Gasteiger partial charge in [-0.15, -0.1) is 15.3 Å². The minimum Gasteiger partial charge on any atom is -0.497 e. The number of methoxy groups -OCH3 is 1. The molecule has 0 fully saturated rings. The number of benzene rings is 2. The number of ether oxygens (including phenoxy) is 2. The zero-order valence-corrected chi connectivity index (χ0v) is 17.4. The Balaban J connectivity index is 1.35. The van der Waals surface area contributed by atoms with Gasteiger partial charge in [-0.1, -0.05) is 24.3 Å². The van der Waals surface area contributed by atoms with Crippen molar-refractivity contribution in [2.75, 3.05) is 20.3 Å². The zero-order chi connectivity index (χ0) is 21.6. The summed E-state index contributed by atoms with van der Waals surface area (Å²) in [6.45, 7) is 2.69. The van der Waals surface area contributed by atoms with Crippen LogP contribution in [0.2, 0.25) is 0 Å². The Morgan fingerprint density at radius 3 is 2.61 bits per heavy atom. The second-order valence-electron chi connectivity index (χ2n) is 7.00. The quantitative estimate of drug-likeness (QED) is 0.444. The number of nitrogens with one attached hydrogen (secondary N) is 1. The Hall–Kier alpha value is -3.94. The summed E-state index contributed by atoms with van der Waals surface area (Å²) in [5.41, 5.74) is 3.60. The van der Waals surface area contributed by atoms with E-state index in [4.69, 9.17) is 9.47 Å². The second kappa shape index (κ2) is 9.25. The molecular formula is C23H23N5O3. The first kappa shape index (κ1) is 20.3. The van der Waals surface area contributed by atoms with Crippen molar-refractivity contribution in [2.24, 2.45) is 0 Å². The molecule has 0 aliphatic rings. The van der Waals surface area contributed by atoms with E-state index in [0.29, 0.717) is 36.9 Å². The van der Waals surface area contributed by atoms with Crippen LogP contribution < -0.4 is 14.8 Å². The van der Waals surface area contributed by atoms with Gasteiger partial charge in [-0.25, -0.2) is 0 Å². The van der Waals surface area contributed by atoms with E-state index in [1.165, 1.54) is 0 Å². The Bertz CT molecular complexity index is 1190. The zero-order valence-electron chi connectivity index (χ0n) is 17.4. The summed E-state index contributed by atoms with van der Waals surface area (Å²) in [5.74, 6) is 1.76. The molecule has 2 heterocycles. The molecule has 0 saturated carbocycles. The van der Waals surface area contributed by atoms with Gasteiger partial charge < -0.3 is 14.8 Å². The largest absolute Gasteiger partial charge is 0.497 e. The topological polar surface area (TPSA) is 90.6 Å². The maximum atomic E-state index is 12.2. The van der Waals surface area contributed by atoms with Crippen LogP contribution in [0.15, 0.2) is 60.7 Å². The van der Waals surface area contributed by atoms with Crippen LogP contribution in [0.3, 0.4) is 0 Å². The summed E-state index contributed by atoms with van der Waals surface area (Å²) in [4.78, 5) is 12.2. The van der Waals surface area contributed by atoms with Crippen molar-refractivity contribution in [1.29, 1.82) is 0 Å². The third-order valence-corrected chi connectivity index (χ3v) is 4.87. The molecule has 158 valence electrons. The van der Waals surface area contributed by atoms with Crippen LogP contribution in [0, 0.1) is 6.92 Å². The number of carbonyl (C=O) groups is 1. The average molecular weight is 417 g/mol. The van der Waals surface area contributed by atoms with Crippen LogP contribution in [0.4, 0.5) is 0 Å². The molecular weight excluding hydrogens is 394 g/mol. The number of amides is 1. The van der Waals surface area contributed by atoms with Gasteiger partial charge in [0.15, 0.2) is 11.5 Å². The predicted molar refractivity (Wildman–Crippen MR) is 116 cm³/mol. The summed E-state index contributed by atoms with van der Waals surface area (Å²) < 4.78 is 12.5. The molecule has 4 aromatic rings. The van der Waals surface area contributed by atoms with Crippen molar-refractivity contribution in [3.63, 3.8) is 0 Å². The summed E-state index contributed by atoms with van der Waals surface area (Å²) in [6.07, 6.45) is 0.350. The van der Waals surface area contributed by atoms with Gasteiger partial charge in [-0.3, -0.25) is 4.79 Å². The van der Waals surface area contributed by atoms with Crippen molar-refractivity contribution in [2.45, 2.75) is 13.3 Å². The van der Waals surface area contributed by atoms with E-state index in [0.717, 1.165) is 22.4 Å². The minimum absolute atomic E-state index is 0.0399. The standard InChI is InChI=1S/C23H23N5O3/c1-16-5-3-4-6-18(16)15-21(29)24-13-14-31-22-12-11-20-25-26-23(28(20)27-22)17-7-9-19(30-2)10-8-17/h3-12H,13-15H2,1-2H3,(H,24,29). The molecule has 4 rings (SSSR count). The third-order valence-electron chi connectivity index (χ3n) is 4.87. The predicted octanol–water partition coefficient (Wildman–Crippen LogP) is 2.85. The van der Waals surface area contributed by atoms with Gasteiger partial charge in [0.1, 0.15) is 12.4 Å². The number of nitrogens with zero attached hydrogens (tertiary/aromatic N) is 4. The number of hydrogen-bond donors (Lipinski definition) is 1. The number of rotatable bonds is 8. The number of aromatic nitrogens is 4. The summed E-state index contributed by atoms with van der Waals surface area (Å²) in [5, 5.41) is 15.7. The van der Waals surface area contributed by atoms with E-state index in [1.54, 1.807) is 23.8 Å². The van der Waals surface area contributed by atoms with E-state index >= 15 is 0 Å². The Morgan fingerprint density at radius 1 is 1.03 bits per heavy atom. The van der Waals surface area contributed by atoms with Gasteiger partial charge in [0.05, 0.1) is 20.1 Å². The second-order valence-corrected chi connectivity index (χ2v) is 7.00. The molecule has 0 atom stereocenters. The molecule has 0 spiro atoms. The fourth-order valence-electron chi connectivity index (χ4n) is 3.16. The smallest absolute Gasteiger partial charge is 0.231 e. The SMILES string of the molecule is COc1ccc(-c2nnc3ccc(OCCNC(=O)Cc4ccccc4C)nn23)cc1.